The van der Waals surface area contributed by atoms with Crippen molar-refractivity contribution in [2.45, 2.75) is 51.1 Å². The Morgan fingerprint density at radius 1 is 1.20 bits per heavy atom. The third-order valence-electron chi connectivity index (χ3n) is 4.46. The van der Waals surface area contributed by atoms with Crippen molar-refractivity contribution >= 4 is 0 Å². The van der Waals surface area contributed by atoms with Gasteiger partial charge < -0.3 is 5.32 Å². The summed E-state index contributed by atoms with van der Waals surface area (Å²) in [6, 6.07) is 1.79. The molecule has 0 amide bonds. The molecule has 1 N–H and O–H groups in total. The Morgan fingerprint density at radius 3 is 2.40 bits per heavy atom. The number of hydrogen-bond acceptors (Lipinski definition) is 2. The van der Waals surface area contributed by atoms with E-state index in [1.807, 2.05) is 0 Å². The van der Waals surface area contributed by atoms with E-state index in [2.05, 4.69) is 17.1 Å². The molecule has 2 saturated carbocycles. The molecular formula is C13H24N2. The van der Waals surface area contributed by atoms with Crippen molar-refractivity contribution in [3.05, 3.63) is 0 Å². The summed E-state index contributed by atoms with van der Waals surface area (Å²) in [7, 11) is 0. The first kappa shape index (κ1) is 10.1. The highest BCUT2D eigenvalue weighted by Crippen LogP contribution is 2.47. The molecule has 3 aliphatic rings. The molecule has 2 aliphatic carbocycles. The quantitative estimate of drug-likeness (QED) is 0.758. The topological polar surface area (TPSA) is 15.3 Å². The molecule has 0 spiro atoms. The van der Waals surface area contributed by atoms with Gasteiger partial charge >= 0.3 is 0 Å². The maximum absolute atomic E-state index is 3.55. The second-order valence-corrected chi connectivity index (χ2v) is 5.67. The summed E-state index contributed by atoms with van der Waals surface area (Å²) in [5.41, 5.74) is 0. The molecule has 1 atom stereocenters. The molecule has 1 unspecified atom stereocenters. The molecule has 0 aromatic rings. The summed E-state index contributed by atoms with van der Waals surface area (Å²) in [6.45, 7) is 6.09. The molecule has 1 aliphatic heterocycles. The van der Waals surface area contributed by atoms with Crippen LogP contribution >= 0.6 is 0 Å². The van der Waals surface area contributed by atoms with Crippen LogP contribution in [0.5, 0.6) is 0 Å². The number of nitrogens with zero attached hydrogens (tertiary/aromatic N) is 1. The van der Waals surface area contributed by atoms with Crippen molar-refractivity contribution in [2.24, 2.45) is 11.8 Å². The fraction of sp³-hybridized carbons (Fsp3) is 1.00. The van der Waals surface area contributed by atoms with Crippen LogP contribution in [0, 0.1) is 11.8 Å². The Balaban J connectivity index is 1.70. The van der Waals surface area contributed by atoms with Crippen LogP contribution in [-0.4, -0.2) is 36.6 Å². The maximum Gasteiger partial charge on any atom is 0.0221 e. The minimum Gasteiger partial charge on any atom is -0.314 e. The van der Waals surface area contributed by atoms with Crippen molar-refractivity contribution in [2.75, 3.05) is 19.6 Å². The predicted octanol–water partition coefficient (Wildman–Crippen LogP) is 1.86. The number of nitrogens with one attached hydrogen (secondary N) is 1. The molecule has 3 rings (SSSR count). The molecule has 0 aromatic heterocycles. The zero-order chi connectivity index (χ0) is 10.3. The average Bonchev–Trinajstić information content (AvgIpc) is 3.13. The molecule has 15 heavy (non-hydrogen) atoms. The minimum atomic E-state index is 0.824. The third kappa shape index (κ3) is 2.07. The van der Waals surface area contributed by atoms with Crippen LogP contribution in [-0.2, 0) is 0 Å². The lowest BCUT2D eigenvalue weighted by Crippen LogP contribution is -2.56. The van der Waals surface area contributed by atoms with Gasteiger partial charge in [0.25, 0.3) is 0 Å². The minimum absolute atomic E-state index is 0.824. The van der Waals surface area contributed by atoms with Gasteiger partial charge in [-0.1, -0.05) is 6.92 Å². The Labute approximate surface area is 93.4 Å². The van der Waals surface area contributed by atoms with Crippen LogP contribution in [0.1, 0.15) is 39.0 Å². The van der Waals surface area contributed by atoms with Gasteiger partial charge in [-0.05, 0) is 43.9 Å². The van der Waals surface area contributed by atoms with E-state index in [4.69, 9.17) is 0 Å². The Hall–Kier alpha value is -0.0800. The Bertz CT molecular complexity index is 209. The molecule has 2 heteroatoms. The molecule has 2 nitrogen and oxygen atoms in total. The second-order valence-electron chi connectivity index (χ2n) is 5.67. The summed E-state index contributed by atoms with van der Waals surface area (Å²) >= 11 is 0. The summed E-state index contributed by atoms with van der Waals surface area (Å²) < 4.78 is 0. The highest BCUT2D eigenvalue weighted by Gasteiger charge is 2.46. The highest BCUT2D eigenvalue weighted by molar-refractivity contribution is 5.00. The van der Waals surface area contributed by atoms with Gasteiger partial charge in [0.2, 0.25) is 0 Å². The van der Waals surface area contributed by atoms with Gasteiger partial charge in [0.15, 0.2) is 0 Å². The van der Waals surface area contributed by atoms with Gasteiger partial charge in [-0.3, -0.25) is 4.90 Å². The van der Waals surface area contributed by atoms with E-state index < -0.39 is 0 Å². The molecule has 1 heterocycles. The highest BCUT2D eigenvalue weighted by atomic mass is 15.3. The first-order chi connectivity index (χ1) is 7.40. The fourth-order valence-corrected chi connectivity index (χ4v) is 3.35. The lowest BCUT2D eigenvalue weighted by Gasteiger charge is -2.42. The van der Waals surface area contributed by atoms with E-state index in [1.165, 1.54) is 51.7 Å². The Kier molecular flexibility index (Phi) is 2.73. The number of rotatable bonds is 4. The van der Waals surface area contributed by atoms with E-state index in [1.54, 1.807) is 0 Å². The smallest absolute Gasteiger partial charge is 0.0221 e. The van der Waals surface area contributed by atoms with E-state index in [0.29, 0.717) is 0 Å². The first-order valence-corrected chi connectivity index (χ1v) is 6.86. The molecule has 3 fully saturated rings. The summed E-state index contributed by atoms with van der Waals surface area (Å²) in [5, 5.41) is 3.55. The van der Waals surface area contributed by atoms with E-state index in [9.17, 15) is 0 Å². The normalized spacial score (nSPS) is 33.6. The zero-order valence-electron chi connectivity index (χ0n) is 9.91. The van der Waals surface area contributed by atoms with Gasteiger partial charge in [0.1, 0.15) is 0 Å². The first-order valence-electron chi connectivity index (χ1n) is 6.86. The molecular weight excluding hydrogens is 184 g/mol. The summed E-state index contributed by atoms with van der Waals surface area (Å²) in [5.74, 6) is 2.15. The molecule has 0 bridgehead atoms. The van der Waals surface area contributed by atoms with E-state index in [0.717, 1.165) is 23.9 Å². The predicted molar refractivity (Wildman–Crippen MR) is 62.9 cm³/mol. The fourth-order valence-electron chi connectivity index (χ4n) is 3.35. The van der Waals surface area contributed by atoms with Gasteiger partial charge in [-0.2, -0.15) is 0 Å². The summed E-state index contributed by atoms with van der Waals surface area (Å²) in [4.78, 5) is 2.87. The van der Waals surface area contributed by atoms with Crippen molar-refractivity contribution in [1.29, 1.82) is 0 Å². The third-order valence-corrected chi connectivity index (χ3v) is 4.46. The maximum atomic E-state index is 3.55. The molecule has 0 aromatic carbocycles. The van der Waals surface area contributed by atoms with Crippen molar-refractivity contribution in [1.82, 2.24) is 10.2 Å². The Morgan fingerprint density at radius 2 is 1.87 bits per heavy atom. The SMILES string of the molecule is CCC1CNCCN1C(C1CC1)C1CC1. The van der Waals surface area contributed by atoms with Crippen LogP contribution in [0.4, 0.5) is 0 Å². The van der Waals surface area contributed by atoms with Crippen LogP contribution in [0.3, 0.4) is 0 Å². The largest absolute Gasteiger partial charge is 0.314 e. The molecule has 0 radical (unpaired) electrons. The van der Waals surface area contributed by atoms with Crippen LogP contribution in [0.25, 0.3) is 0 Å². The lowest BCUT2D eigenvalue weighted by atomic mass is 10.00. The standard InChI is InChI=1S/C13H24N2/c1-2-12-9-14-7-8-15(12)13(10-3-4-10)11-5-6-11/h10-14H,2-9H2,1H3. The van der Waals surface area contributed by atoms with Crippen molar-refractivity contribution < 1.29 is 0 Å². The van der Waals surface area contributed by atoms with Gasteiger partial charge in [-0.15, -0.1) is 0 Å². The summed E-state index contributed by atoms with van der Waals surface area (Å²) in [6.07, 6.45) is 7.38. The number of hydrogen-bond donors (Lipinski definition) is 1. The van der Waals surface area contributed by atoms with Crippen LogP contribution in [0.2, 0.25) is 0 Å². The van der Waals surface area contributed by atoms with Crippen LogP contribution in [0.15, 0.2) is 0 Å². The second kappa shape index (κ2) is 4.06. The van der Waals surface area contributed by atoms with Gasteiger partial charge in [0, 0.05) is 31.7 Å². The number of piperazine rings is 1. The molecule has 86 valence electrons. The van der Waals surface area contributed by atoms with Crippen LogP contribution < -0.4 is 5.32 Å². The van der Waals surface area contributed by atoms with E-state index in [-0.39, 0.29) is 0 Å². The van der Waals surface area contributed by atoms with Crippen molar-refractivity contribution in [3.63, 3.8) is 0 Å². The van der Waals surface area contributed by atoms with E-state index >= 15 is 0 Å². The van der Waals surface area contributed by atoms with Gasteiger partial charge in [-0.25, -0.2) is 0 Å². The molecule has 1 saturated heterocycles. The zero-order valence-corrected chi connectivity index (χ0v) is 9.91. The van der Waals surface area contributed by atoms with Crippen molar-refractivity contribution in [3.8, 4) is 0 Å². The average molecular weight is 208 g/mol. The van der Waals surface area contributed by atoms with Gasteiger partial charge in [0.05, 0.1) is 0 Å². The lowest BCUT2D eigenvalue weighted by molar-refractivity contribution is 0.0773. The monoisotopic (exact) mass is 208 g/mol.